The molecule has 31 heavy (non-hydrogen) atoms. The summed E-state index contributed by atoms with van der Waals surface area (Å²) in [5.74, 6) is 0.964. The van der Waals surface area contributed by atoms with Crippen molar-refractivity contribution in [2.45, 2.75) is 63.6 Å². The molecule has 0 radical (unpaired) electrons. The minimum absolute atomic E-state index is 0.0701. The Kier molecular flexibility index (Phi) is 6.89. The molecule has 3 fully saturated rings. The van der Waals surface area contributed by atoms with Crippen molar-refractivity contribution in [3.63, 3.8) is 0 Å². The molecule has 2 saturated heterocycles. The zero-order valence-electron chi connectivity index (χ0n) is 17.6. The van der Waals surface area contributed by atoms with Crippen molar-refractivity contribution in [2.75, 3.05) is 32.2 Å². The van der Waals surface area contributed by atoms with Crippen LogP contribution in [0.4, 0.5) is 5.95 Å². The summed E-state index contributed by atoms with van der Waals surface area (Å²) in [5.41, 5.74) is 7.50. The second-order valence-electron chi connectivity index (χ2n) is 8.68. The maximum absolute atomic E-state index is 6.20. The van der Waals surface area contributed by atoms with Crippen molar-refractivity contribution in [2.24, 2.45) is 11.8 Å². The van der Waals surface area contributed by atoms with E-state index in [1.54, 1.807) is 0 Å². The van der Waals surface area contributed by atoms with E-state index in [1.165, 1.54) is 6.42 Å². The first-order valence-corrected chi connectivity index (χ1v) is 12.4. The first-order valence-electron chi connectivity index (χ1n) is 11.3. The van der Waals surface area contributed by atoms with Gasteiger partial charge in [0.25, 0.3) is 0 Å². The SMILES string of the molecule is Nc1nc(I)c2ncn([C@@H]3C[C@H](COC4CCCCO4)[C@H]3COC3CCCCO3)c2n1. The number of nitrogen functional groups attached to an aromatic ring is 1. The van der Waals surface area contributed by atoms with E-state index in [9.17, 15) is 0 Å². The average Bonchev–Trinajstić information content (AvgIpc) is 3.18. The van der Waals surface area contributed by atoms with Crippen LogP contribution in [0.2, 0.25) is 0 Å². The Morgan fingerprint density at radius 1 is 1.03 bits per heavy atom. The number of hydrogen-bond acceptors (Lipinski definition) is 8. The maximum atomic E-state index is 6.20. The molecule has 0 spiro atoms. The topological polar surface area (TPSA) is 107 Å². The lowest BCUT2D eigenvalue weighted by molar-refractivity contribution is -0.201. The number of anilines is 1. The van der Waals surface area contributed by atoms with Crippen LogP contribution in [0.15, 0.2) is 6.33 Å². The zero-order chi connectivity index (χ0) is 21.2. The predicted molar refractivity (Wildman–Crippen MR) is 122 cm³/mol. The van der Waals surface area contributed by atoms with Gasteiger partial charge in [-0.2, -0.15) is 4.98 Å². The Morgan fingerprint density at radius 2 is 1.74 bits per heavy atom. The number of aromatic nitrogens is 4. The van der Waals surface area contributed by atoms with Gasteiger partial charge in [-0.05, 0) is 73.5 Å². The fourth-order valence-corrected chi connectivity index (χ4v) is 5.44. The molecule has 9 nitrogen and oxygen atoms in total. The van der Waals surface area contributed by atoms with Crippen molar-refractivity contribution in [1.29, 1.82) is 0 Å². The van der Waals surface area contributed by atoms with E-state index in [0.717, 1.165) is 66.6 Å². The highest BCUT2D eigenvalue weighted by Crippen LogP contribution is 2.46. The van der Waals surface area contributed by atoms with E-state index in [0.29, 0.717) is 25.0 Å². The van der Waals surface area contributed by atoms with Gasteiger partial charge in [-0.1, -0.05) is 0 Å². The first kappa shape index (κ1) is 21.7. The van der Waals surface area contributed by atoms with Crippen LogP contribution in [0, 0.1) is 15.5 Å². The molecule has 10 heteroatoms. The van der Waals surface area contributed by atoms with E-state index >= 15 is 0 Å². The van der Waals surface area contributed by atoms with E-state index in [2.05, 4.69) is 42.1 Å². The van der Waals surface area contributed by atoms with Crippen molar-refractivity contribution < 1.29 is 18.9 Å². The molecule has 2 N–H and O–H groups in total. The molecule has 2 unspecified atom stereocenters. The first-order chi connectivity index (χ1) is 15.2. The summed E-state index contributed by atoms with van der Waals surface area (Å²) in [6, 6.07) is 0.236. The second-order valence-corrected chi connectivity index (χ2v) is 9.70. The van der Waals surface area contributed by atoms with Gasteiger partial charge in [0.05, 0.1) is 19.5 Å². The third-order valence-electron chi connectivity index (χ3n) is 6.64. The normalized spacial score (nSPS) is 31.6. The van der Waals surface area contributed by atoms with E-state index < -0.39 is 0 Å². The van der Waals surface area contributed by atoms with Crippen LogP contribution in [0.3, 0.4) is 0 Å². The number of ether oxygens (including phenoxy) is 4. The molecule has 1 aliphatic carbocycles. The third-order valence-corrected chi connectivity index (χ3v) is 7.40. The van der Waals surface area contributed by atoms with Gasteiger partial charge in [0.2, 0.25) is 5.95 Å². The minimum Gasteiger partial charge on any atom is -0.368 e. The molecule has 4 heterocycles. The highest BCUT2D eigenvalue weighted by Gasteiger charge is 2.44. The number of fused-ring (bicyclic) bond motifs is 1. The summed E-state index contributed by atoms with van der Waals surface area (Å²) in [5, 5.41) is 0. The summed E-state index contributed by atoms with van der Waals surface area (Å²) in [6.45, 7) is 2.89. The summed E-state index contributed by atoms with van der Waals surface area (Å²) >= 11 is 2.16. The number of nitrogens with zero attached hydrogens (tertiary/aromatic N) is 4. The van der Waals surface area contributed by atoms with Crippen LogP contribution in [0.1, 0.15) is 51.0 Å². The summed E-state index contributed by atoms with van der Waals surface area (Å²) < 4.78 is 26.8. The van der Waals surface area contributed by atoms with Gasteiger partial charge < -0.3 is 29.2 Å². The lowest BCUT2D eigenvalue weighted by Crippen LogP contribution is -2.45. The molecule has 5 rings (SSSR count). The molecular formula is C21H30IN5O4. The highest BCUT2D eigenvalue weighted by atomic mass is 127. The Balaban J connectivity index is 1.29. The Hall–Kier alpha value is -1.08. The number of imidazole rings is 1. The summed E-state index contributed by atoms with van der Waals surface area (Å²) in [6.07, 6.45) is 9.19. The quantitative estimate of drug-likeness (QED) is 0.419. The lowest BCUT2D eigenvalue weighted by atomic mass is 9.69. The van der Waals surface area contributed by atoms with Crippen LogP contribution in [0.5, 0.6) is 0 Å². The zero-order valence-corrected chi connectivity index (χ0v) is 19.8. The number of hydrogen-bond donors (Lipinski definition) is 1. The fourth-order valence-electron chi connectivity index (χ4n) is 4.81. The van der Waals surface area contributed by atoms with Crippen LogP contribution in [-0.4, -0.2) is 58.5 Å². The van der Waals surface area contributed by atoms with E-state index in [4.69, 9.17) is 24.7 Å². The van der Waals surface area contributed by atoms with E-state index in [1.807, 2.05) is 6.33 Å². The smallest absolute Gasteiger partial charge is 0.223 e. The van der Waals surface area contributed by atoms with Crippen LogP contribution in [0.25, 0.3) is 11.2 Å². The fraction of sp³-hybridized carbons (Fsp3) is 0.762. The van der Waals surface area contributed by atoms with Crippen molar-refractivity contribution in [3.05, 3.63) is 10.0 Å². The number of rotatable bonds is 7. The molecular weight excluding hydrogens is 513 g/mol. The molecule has 3 aliphatic rings. The van der Waals surface area contributed by atoms with Crippen LogP contribution in [-0.2, 0) is 18.9 Å². The van der Waals surface area contributed by atoms with Crippen molar-refractivity contribution >= 4 is 39.7 Å². The van der Waals surface area contributed by atoms with Crippen LogP contribution < -0.4 is 5.73 Å². The summed E-state index contributed by atoms with van der Waals surface area (Å²) in [7, 11) is 0. The van der Waals surface area contributed by atoms with Gasteiger partial charge in [0.15, 0.2) is 18.2 Å². The molecule has 170 valence electrons. The minimum atomic E-state index is -0.100. The number of nitrogens with two attached hydrogens (primary N) is 1. The second kappa shape index (κ2) is 9.82. The molecule has 2 aromatic rings. The standard InChI is InChI=1S/C21H30IN5O4/c22-19-18-20(26-21(23)25-19)27(12-24-18)15-9-13(10-30-16-5-1-3-7-28-16)14(15)11-31-17-6-2-4-8-29-17/h12-17H,1-11H2,(H2,23,25,26)/t13-,14-,15-,16?,17?/m1/s1. The van der Waals surface area contributed by atoms with Crippen molar-refractivity contribution in [3.8, 4) is 0 Å². The molecule has 0 amide bonds. The molecule has 5 atom stereocenters. The Labute approximate surface area is 195 Å². The van der Waals surface area contributed by atoms with Crippen LogP contribution >= 0.6 is 22.6 Å². The van der Waals surface area contributed by atoms with Gasteiger partial charge in [0, 0.05) is 25.2 Å². The monoisotopic (exact) mass is 543 g/mol. The van der Waals surface area contributed by atoms with Gasteiger partial charge in [0.1, 0.15) is 9.22 Å². The van der Waals surface area contributed by atoms with Gasteiger partial charge in [-0.3, -0.25) is 0 Å². The van der Waals surface area contributed by atoms with E-state index in [-0.39, 0.29) is 24.6 Å². The molecule has 0 aromatic carbocycles. The molecule has 0 bridgehead atoms. The highest BCUT2D eigenvalue weighted by molar-refractivity contribution is 14.1. The molecule has 2 aromatic heterocycles. The Morgan fingerprint density at radius 3 is 2.42 bits per heavy atom. The molecule has 2 aliphatic heterocycles. The Bertz CT molecular complexity index is 884. The third kappa shape index (κ3) is 4.82. The van der Waals surface area contributed by atoms with Gasteiger partial charge in [-0.15, -0.1) is 0 Å². The predicted octanol–water partition coefficient (Wildman–Crippen LogP) is 3.28. The van der Waals surface area contributed by atoms with Crippen molar-refractivity contribution in [1.82, 2.24) is 19.5 Å². The maximum Gasteiger partial charge on any atom is 0.223 e. The average molecular weight is 543 g/mol. The largest absolute Gasteiger partial charge is 0.368 e. The number of halogens is 1. The summed E-state index contributed by atoms with van der Waals surface area (Å²) in [4.78, 5) is 13.3. The lowest BCUT2D eigenvalue weighted by Gasteiger charge is -2.46. The van der Waals surface area contributed by atoms with Gasteiger partial charge in [-0.25, -0.2) is 9.97 Å². The van der Waals surface area contributed by atoms with Gasteiger partial charge >= 0.3 is 0 Å². The molecule has 1 saturated carbocycles.